The second-order valence-electron chi connectivity index (χ2n) is 6.74. The van der Waals surface area contributed by atoms with Crippen LogP contribution in [0.4, 0.5) is 5.69 Å². The van der Waals surface area contributed by atoms with Gasteiger partial charge in [-0.15, -0.1) is 0 Å². The number of benzene rings is 2. The molecule has 0 saturated heterocycles. The Bertz CT molecular complexity index is 703. The SMILES string of the molecule is CC(C)(C)c1ccccc1NC(=O)C(=O)NCCc1ccccc1. The summed E-state index contributed by atoms with van der Waals surface area (Å²) in [5, 5.41) is 5.37. The molecule has 2 rings (SSSR count). The van der Waals surface area contributed by atoms with Crippen LogP contribution in [0.1, 0.15) is 31.9 Å². The molecule has 2 N–H and O–H groups in total. The molecule has 4 heteroatoms. The molecule has 2 aromatic rings. The van der Waals surface area contributed by atoms with Crippen molar-refractivity contribution < 1.29 is 9.59 Å². The third kappa shape index (κ3) is 4.95. The van der Waals surface area contributed by atoms with Crippen LogP contribution in [-0.4, -0.2) is 18.4 Å². The number of nitrogens with one attached hydrogen (secondary N) is 2. The van der Waals surface area contributed by atoms with E-state index in [1.54, 1.807) is 0 Å². The zero-order valence-electron chi connectivity index (χ0n) is 14.4. The number of amides is 2. The predicted octanol–water partition coefficient (Wildman–Crippen LogP) is 3.28. The molecule has 0 aliphatic carbocycles. The van der Waals surface area contributed by atoms with Gasteiger partial charge in [-0.1, -0.05) is 69.3 Å². The van der Waals surface area contributed by atoms with Gasteiger partial charge in [0.15, 0.2) is 0 Å². The zero-order chi connectivity index (χ0) is 17.6. The minimum absolute atomic E-state index is 0.117. The van der Waals surface area contributed by atoms with Crippen LogP contribution in [0.5, 0.6) is 0 Å². The van der Waals surface area contributed by atoms with E-state index < -0.39 is 11.8 Å². The first kappa shape index (κ1) is 17.7. The van der Waals surface area contributed by atoms with Crippen molar-refractivity contribution in [1.82, 2.24) is 5.32 Å². The Morgan fingerprint density at radius 1 is 0.875 bits per heavy atom. The van der Waals surface area contributed by atoms with E-state index in [2.05, 4.69) is 31.4 Å². The molecule has 0 unspecified atom stereocenters. The molecule has 2 amide bonds. The smallest absolute Gasteiger partial charge is 0.313 e. The van der Waals surface area contributed by atoms with Gasteiger partial charge in [-0.2, -0.15) is 0 Å². The molecule has 0 bridgehead atoms. The van der Waals surface area contributed by atoms with E-state index in [9.17, 15) is 9.59 Å². The molecule has 0 fully saturated rings. The first-order valence-corrected chi connectivity index (χ1v) is 8.10. The summed E-state index contributed by atoms with van der Waals surface area (Å²) in [5.74, 6) is -1.26. The third-order valence-corrected chi connectivity index (χ3v) is 3.73. The Morgan fingerprint density at radius 3 is 2.17 bits per heavy atom. The maximum atomic E-state index is 12.1. The van der Waals surface area contributed by atoms with Crippen molar-refractivity contribution in [3.05, 3.63) is 65.7 Å². The zero-order valence-corrected chi connectivity index (χ0v) is 14.4. The molecule has 0 radical (unpaired) electrons. The summed E-state index contributed by atoms with van der Waals surface area (Å²) in [6, 6.07) is 17.4. The number of para-hydroxylation sites is 1. The van der Waals surface area contributed by atoms with Gasteiger partial charge in [0.2, 0.25) is 0 Å². The Labute approximate surface area is 143 Å². The Balaban J connectivity index is 1.92. The van der Waals surface area contributed by atoms with Crippen molar-refractivity contribution in [1.29, 1.82) is 0 Å². The van der Waals surface area contributed by atoms with E-state index in [0.29, 0.717) is 18.7 Å². The lowest BCUT2D eigenvalue weighted by Crippen LogP contribution is -2.37. The van der Waals surface area contributed by atoms with E-state index in [0.717, 1.165) is 11.1 Å². The number of hydrogen-bond donors (Lipinski definition) is 2. The molecular weight excluding hydrogens is 300 g/mol. The van der Waals surface area contributed by atoms with Gasteiger partial charge in [0, 0.05) is 12.2 Å². The Hall–Kier alpha value is -2.62. The molecule has 0 spiro atoms. The third-order valence-electron chi connectivity index (χ3n) is 3.73. The fraction of sp³-hybridized carbons (Fsp3) is 0.300. The average molecular weight is 324 g/mol. The van der Waals surface area contributed by atoms with Crippen LogP contribution in [0.3, 0.4) is 0 Å². The van der Waals surface area contributed by atoms with Gasteiger partial charge in [-0.05, 0) is 29.0 Å². The Morgan fingerprint density at radius 2 is 1.50 bits per heavy atom. The van der Waals surface area contributed by atoms with Crippen LogP contribution >= 0.6 is 0 Å². The minimum Gasteiger partial charge on any atom is -0.347 e. The highest BCUT2D eigenvalue weighted by atomic mass is 16.2. The Kier molecular flexibility index (Phi) is 5.74. The van der Waals surface area contributed by atoms with Gasteiger partial charge < -0.3 is 10.6 Å². The highest BCUT2D eigenvalue weighted by molar-refractivity contribution is 6.39. The van der Waals surface area contributed by atoms with Crippen molar-refractivity contribution in [2.24, 2.45) is 0 Å². The maximum absolute atomic E-state index is 12.1. The summed E-state index contributed by atoms with van der Waals surface area (Å²) in [5.41, 5.74) is 2.67. The second kappa shape index (κ2) is 7.77. The molecule has 2 aromatic carbocycles. The monoisotopic (exact) mass is 324 g/mol. The number of carbonyl (C=O) groups is 2. The molecule has 4 nitrogen and oxygen atoms in total. The van der Waals surface area contributed by atoms with E-state index in [-0.39, 0.29) is 5.41 Å². The predicted molar refractivity (Wildman–Crippen MR) is 96.9 cm³/mol. The van der Waals surface area contributed by atoms with Gasteiger partial charge in [-0.25, -0.2) is 0 Å². The van der Waals surface area contributed by atoms with Crippen LogP contribution in [0.25, 0.3) is 0 Å². The van der Waals surface area contributed by atoms with Crippen molar-refractivity contribution in [2.75, 3.05) is 11.9 Å². The highest BCUT2D eigenvalue weighted by Gasteiger charge is 2.20. The van der Waals surface area contributed by atoms with Crippen molar-refractivity contribution in [2.45, 2.75) is 32.6 Å². The van der Waals surface area contributed by atoms with Crippen molar-refractivity contribution in [3.8, 4) is 0 Å². The second-order valence-corrected chi connectivity index (χ2v) is 6.74. The quantitative estimate of drug-likeness (QED) is 0.848. The van der Waals surface area contributed by atoms with Crippen LogP contribution in [0, 0.1) is 0 Å². The number of carbonyl (C=O) groups excluding carboxylic acids is 2. The van der Waals surface area contributed by atoms with Gasteiger partial charge in [-0.3, -0.25) is 9.59 Å². The molecule has 0 saturated carbocycles. The van der Waals surface area contributed by atoms with Gasteiger partial charge in [0.05, 0.1) is 0 Å². The molecule has 0 aromatic heterocycles. The molecule has 0 heterocycles. The average Bonchev–Trinajstić information content (AvgIpc) is 2.55. The topological polar surface area (TPSA) is 58.2 Å². The van der Waals surface area contributed by atoms with Crippen LogP contribution in [0.15, 0.2) is 54.6 Å². The van der Waals surface area contributed by atoms with E-state index in [4.69, 9.17) is 0 Å². The molecule has 0 atom stereocenters. The fourth-order valence-electron chi connectivity index (χ4n) is 2.47. The summed E-state index contributed by atoms with van der Waals surface area (Å²) < 4.78 is 0. The van der Waals surface area contributed by atoms with E-state index in [1.807, 2.05) is 54.6 Å². The standard InChI is InChI=1S/C20H24N2O2/c1-20(2,3)16-11-7-8-12-17(16)22-19(24)18(23)21-14-13-15-9-5-4-6-10-15/h4-12H,13-14H2,1-3H3,(H,21,23)(H,22,24). The summed E-state index contributed by atoms with van der Waals surface area (Å²) in [6.07, 6.45) is 0.693. The minimum atomic E-state index is -0.639. The van der Waals surface area contributed by atoms with Crippen molar-refractivity contribution >= 4 is 17.5 Å². The number of rotatable bonds is 4. The summed E-state index contributed by atoms with van der Waals surface area (Å²) >= 11 is 0. The van der Waals surface area contributed by atoms with Crippen LogP contribution < -0.4 is 10.6 Å². The number of anilines is 1. The lowest BCUT2D eigenvalue weighted by molar-refractivity contribution is -0.136. The largest absolute Gasteiger partial charge is 0.347 e. The molecule has 126 valence electrons. The molecule has 24 heavy (non-hydrogen) atoms. The normalized spacial score (nSPS) is 11.0. The molecular formula is C20H24N2O2. The van der Waals surface area contributed by atoms with Crippen molar-refractivity contribution in [3.63, 3.8) is 0 Å². The summed E-state index contributed by atoms with van der Waals surface area (Å²) in [4.78, 5) is 24.1. The summed E-state index contributed by atoms with van der Waals surface area (Å²) in [6.45, 7) is 6.63. The van der Waals surface area contributed by atoms with E-state index >= 15 is 0 Å². The first-order chi connectivity index (χ1) is 11.4. The molecule has 0 aliphatic heterocycles. The summed E-state index contributed by atoms with van der Waals surface area (Å²) in [7, 11) is 0. The fourth-order valence-corrected chi connectivity index (χ4v) is 2.47. The maximum Gasteiger partial charge on any atom is 0.313 e. The van der Waals surface area contributed by atoms with Crippen LogP contribution in [-0.2, 0) is 21.4 Å². The lowest BCUT2D eigenvalue weighted by Gasteiger charge is -2.22. The highest BCUT2D eigenvalue weighted by Crippen LogP contribution is 2.29. The van der Waals surface area contributed by atoms with Gasteiger partial charge in [0.1, 0.15) is 0 Å². The van der Waals surface area contributed by atoms with Gasteiger partial charge in [0.25, 0.3) is 0 Å². The number of hydrogen-bond acceptors (Lipinski definition) is 2. The van der Waals surface area contributed by atoms with Gasteiger partial charge >= 0.3 is 11.8 Å². The lowest BCUT2D eigenvalue weighted by atomic mass is 9.86. The molecule has 0 aliphatic rings. The van der Waals surface area contributed by atoms with Crippen LogP contribution in [0.2, 0.25) is 0 Å². The van der Waals surface area contributed by atoms with E-state index in [1.165, 1.54) is 0 Å². The first-order valence-electron chi connectivity index (χ1n) is 8.10.